The lowest BCUT2D eigenvalue weighted by molar-refractivity contribution is 0.579. The molecule has 8 heteroatoms. The van der Waals surface area contributed by atoms with Crippen LogP contribution in [-0.2, 0) is 16.6 Å². The van der Waals surface area contributed by atoms with E-state index in [1.165, 1.54) is 12.3 Å². The van der Waals surface area contributed by atoms with Crippen LogP contribution in [0.1, 0.15) is 5.82 Å². The van der Waals surface area contributed by atoms with Gasteiger partial charge in [0.2, 0.25) is 10.0 Å². The van der Waals surface area contributed by atoms with Gasteiger partial charge < -0.3 is 10.3 Å². The number of H-pyrrole nitrogens is 1. The van der Waals surface area contributed by atoms with Gasteiger partial charge in [0.05, 0.1) is 6.54 Å². The minimum atomic E-state index is -3.61. The van der Waals surface area contributed by atoms with Crippen molar-refractivity contribution in [1.82, 2.24) is 19.7 Å². The SMILES string of the molecule is CNc1ncccc1S(=O)(=O)NCc1ncc[nH]1. The molecule has 0 saturated carbocycles. The van der Waals surface area contributed by atoms with Gasteiger partial charge in [-0.1, -0.05) is 0 Å². The number of nitrogens with zero attached hydrogens (tertiary/aromatic N) is 2. The molecular formula is C10H13N5O2S. The fraction of sp³-hybridized carbons (Fsp3) is 0.200. The Morgan fingerprint density at radius 3 is 2.83 bits per heavy atom. The van der Waals surface area contributed by atoms with E-state index in [4.69, 9.17) is 0 Å². The maximum absolute atomic E-state index is 12.1. The third-order valence-corrected chi connectivity index (χ3v) is 3.71. The van der Waals surface area contributed by atoms with Crippen molar-refractivity contribution in [2.45, 2.75) is 11.4 Å². The normalized spacial score (nSPS) is 11.4. The van der Waals surface area contributed by atoms with Gasteiger partial charge in [0.1, 0.15) is 16.5 Å². The van der Waals surface area contributed by atoms with Crippen molar-refractivity contribution in [2.24, 2.45) is 0 Å². The summed E-state index contributed by atoms with van der Waals surface area (Å²) in [6.45, 7) is 0.105. The van der Waals surface area contributed by atoms with Crippen LogP contribution in [0.15, 0.2) is 35.6 Å². The first-order chi connectivity index (χ1) is 8.63. The predicted molar refractivity (Wildman–Crippen MR) is 66.4 cm³/mol. The standard InChI is InChI=1S/C10H13N5O2S/c1-11-10-8(3-2-4-14-10)18(16,17)15-7-9-12-5-6-13-9/h2-6,15H,7H2,1H3,(H,11,14)(H,12,13). The monoisotopic (exact) mass is 267 g/mol. The molecule has 3 N–H and O–H groups in total. The first-order valence-corrected chi connectivity index (χ1v) is 6.72. The molecule has 96 valence electrons. The number of hydrogen-bond acceptors (Lipinski definition) is 5. The van der Waals surface area contributed by atoms with E-state index in [9.17, 15) is 8.42 Å². The van der Waals surface area contributed by atoms with Crippen molar-refractivity contribution in [3.05, 3.63) is 36.5 Å². The minimum absolute atomic E-state index is 0.105. The topological polar surface area (TPSA) is 99.8 Å². The van der Waals surface area contributed by atoms with Gasteiger partial charge in [-0.25, -0.2) is 23.1 Å². The molecule has 0 aromatic carbocycles. The number of hydrogen-bond donors (Lipinski definition) is 3. The van der Waals surface area contributed by atoms with Crippen molar-refractivity contribution >= 4 is 15.8 Å². The van der Waals surface area contributed by atoms with Crippen molar-refractivity contribution in [2.75, 3.05) is 12.4 Å². The van der Waals surface area contributed by atoms with E-state index in [2.05, 4.69) is 25.0 Å². The second kappa shape index (κ2) is 5.15. The fourth-order valence-corrected chi connectivity index (χ4v) is 2.58. The van der Waals surface area contributed by atoms with Crippen molar-refractivity contribution in [3.8, 4) is 0 Å². The van der Waals surface area contributed by atoms with Gasteiger partial charge in [0, 0.05) is 25.6 Å². The highest BCUT2D eigenvalue weighted by Crippen LogP contribution is 2.16. The predicted octanol–water partition coefficient (Wildman–Crippen LogP) is 0.325. The molecule has 0 bridgehead atoms. The van der Waals surface area contributed by atoms with Gasteiger partial charge in [0.15, 0.2) is 0 Å². The number of anilines is 1. The molecule has 0 spiro atoms. The molecular weight excluding hydrogens is 254 g/mol. The van der Waals surface area contributed by atoms with Gasteiger partial charge in [-0.15, -0.1) is 0 Å². The number of pyridine rings is 1. The Bertz CT molecular complexity index is 609. The molecule has 0 aliphatic rings. The zero-order valence-electron chi connectivity index (χ0n) is 9.71. The van der Waals surface area contributed by atoms with Crippen molar-refractivity contribution < 1.29 is 8.42 Å². The Labute approximate surface area is 105 Å². The summed E-state index contributed by atoms with van der Waals surface area (Å²) in [6, 6.07) is 3.06. The van der Waals surface area contributed by atoms with E-state index in [1.54, 1.807) is 25.5 Å². The molecule has 0 amide bonds. The lowest BCUT2D eigenvalue weighted by atomic mass is 10.5. The van der Waals surface area contributed by atoms with Crippen LogP contribution in [0.5, 0.6) is 0 Å². The second-order valence-electron chi connectivity index (χ2n) is 3.46. The number of aromatic amines is 1. The summed E-state index contributed by atoms with van der Waals surface area (Å²) in [6.07, 6.45) is 4.72. The number of aromatic nitrogens is 3. The van der Waals surface area contributed by atoms with Crippen molar-refractivity contribution in [3.63, 3.8) is 0 Å². The quantitative estimate of drug-likeness (QED) is 0.724. The van der Waals surface area contributed by atoms with Crippen LogP contribution in [0.4, 0.5) is 5.82 Å². The Balaban J connectivity index is 2.20. The van der Waals surface area contributed by atoms with Crippen LogP contribution in [0.2, 0.25) is 0 Å². The fourth-order valence-electron chi connectivity index (χ4n) is 1.43. The van der Waals surface area contributed by atoms with E-state index >= 15 is 0 Å². The summed E-state index contributed by atoms with van der Waals surface area (Å²) in [4.78, 5) is 10.8. The molecule has 0 aliphatic carbocycles. The third kappa shape index (κ3) is 2.66. The van der Waals surface area contributed by atoms with E-state index in [-0.39, 0.29) is 11.4 Å². The molecule has 0 aliphatic heterocycles. The molecule has 0 atom stereocenters. The number of imidazole rings is 1. The first-order valence-electron chi connectivity index (χ1n) is 5.24. The van der Waals surface area contributed by atoms with E-state index < -0.39 is 10.0 Å². The summed E-state index contributed by atoms with van der Waals surface area (Å²) in [7, 11) is -2.00. The smallest absolute Gasteiger partial charge is 0.244 e. The number of sulfonamides is 1. The molecule has 0 fully saturated rings. The van der Waals surface area contributed by atoms with Crippen LogP contribution < -0.4 is 10.0 Å². The molecule has 18 heavy (non-hydrogen) atoms. The highest BCUT2D eigenvalue weighted by Gasteiger charge is 2.18. The third-order valence-electron chi connectivity index (χ3n) is 2.28. The molecule has 0 unspecified atom stereocenters. The Kier molecular flexibility index (Phi) is 3.58. The average molecular weight is 267 g/mol. The lowest BCUT2D eigenvalue weighted by Crippen LogP contribution is -2.24. The Hall–Kier alpha value is -1.93. The molecule has 0 radical (unpaired) electrons. The average Bonchev–Trinajstić information content (AvgIpc) is 2.89. The molecule has 2 aromatic rings. The number of nitrogens with one attached hydrogen (secondary N) is 3. The van der Waals surface area contributed by atoms with Crippen LogP contribution in [0.25, 0.3) is 0 Å². The molecule has 2 heterocycles. The summed E-state index contributed by atoms with van der Waals surface area (Å²) >= 11 is 0. The van der Waals surface area contributed by atoms with Gasteiger partial charge >= 0.3 is 0 Å². The number of rotatable bonds is 5. The van der Waals surface area contributed by atoms with Gasteiger partial charge in [0.25, 0.3) is 0 Å². The lowest BCUT2D eigenvalue weighted by Gasteiger charge is -2.09. The van der Waals surface area contributed by atoms with Crippen LogP contribution in [-0.4, -0.2) is 30.4 Å². The van der Waals surface area contributed by atoms with Gasteiger partial charge in [-0.05, 0) is 12.1 Å². The minimum Gasteiger partial charge on any atom is -0.372 e. The van der Waals surface area contributed by atoms with Crippen molar-refractivity contribution in [1.29, 1.82) is 0 Å². The zero-order chi connectivity index (χ0) is 13.0. The summed E-state index contributed by atoms with van der Waals surface area (Å²) in [5, 5.41) is 2.74. The largest absolute Gasteiger partial charge is 0.372 e. The Morgan fingerprint density at radius 1 is 1.33 bits per heavy atom. The molecule has 2 rings (SSSR count). The zero-order valence-corrected chi connectivity index (χ0v) is 10.5. The van der Waals surface area contributed by atoms with Gasteiger partial charge in [-0.2, -0.15) is 0 Å². The highest BCUT2D eigenvalue weighted by atomic mass is 32.2. The van der Waals surface area contributed by atoms with Crippen LogP contribution in [0, 0.1) is 0 Å². The van der Waals surface area contributed by atoms with Crippen LogP contribution >= 0.6 is 0 Å². The first kappa shape index (κ1) is 12.5. The Morgan fingerprint density at radius 2 is 2.17 bits per heavy atom. The van der Waals surface area contributed by atoms with E-state index in [1.807, 2.05) is 0 Å². The second-order valence-corrected chi connectivity index (χ2v) is 5.20. The summed E-state index contributed by atoms with van der Waals surface area (Å²) in [5.41, 5.74) is 0. The van der Waals surface area contributed by atoms with Gasteiger partial charge in [-0.3, -0.25) is 0 Å². The maximum Gasteiger partial charge on any atom is 0.244 e. The van der Waals surface area contributed by atoms with Crippen LogP contribution in [0.3, 0.4) is 0 Å². The molecule has 0 saturated heterocycles. The summed E-state index contributed by atoms with van der Waals surface area (Å²) < 4.78 is 26.6. The molecule has 7 nitrogen and oxygen atoms in total. The van der Waals surface area contributed by atoms with E-state index in [0.29, 0.717) is 11.6 Å². The van der Waals surface area contributed by atoms with E-state index in [0.717, 1.165) is 0 Å². The summed E-state index contributed by atoms with van der Waals surface area (Å²) in [5.74, 6) is 0.859. The molecule has 2 aromatic heterocycles. The highest BCUT2D eigenvalue weighted by molar-refractivity contribution is 7.89. The maximum atomic E-state index is 12.1.